The molecule has 0 saturated carbocycles. The van der Waals surface area contributed by atoms with Crippen molar-refractivity contribution in [1.29, 1.82) is 0 Å². The molecule has 2 rings (SSSR count). The van der Waals surface area contributed by atoms with Gasteiger partial charge in [0, 0.05) is 12.7 Å². The molecule has 1 amide bonds. The van der Waals surface area contributed by atoms with E-state index in [-0.39, 0.29) is 18.3 Å². The maximum atomic E-state index is 13.0. The molecule has 1 aromatic heterocycles. The number of amides is 1. The van der Waals surface area contributed by atoms with E-state index in [1.807, 2.05) is 6.92 Å². The molecule has 0 aliphatic carbocycles. The van der Waals surface area contributed by atoms with E-state index in [0.717, 1.165) is 12.3 Å². The molecule has 1 aromatic carbocycles. The van der Waals surface area contributed by atoms with Crippen LogP contribution in [-0.2, 0) is 17.5 Å². The van der Waals surface area contributed by atoms with E-state index in [1.54, 1.807) is 12.1 Å². The number of aromatic nitrogens is 1. The van der Waals surface area contributed by atoms with Crippen molar-refractivity contribution in [3.8, 4) is 0 Å². The normalized spacial score (nSPS) is 12.7. The van der Waals surface area contributed by atoms with Crippen LogP contribution < -0.4 is 5.32 Å². The molecule has 0 spiro atoms. The van der Waals surface area contributed by atoms with Crippen molar-refractivity contribution in [3.05, 3.63) is 65.2 Å². The zero-order chi connectivity index (χ0) is 17.7. The predicted octanol–water partition coefficient (Wildman–Crippen LogP) is 4.05. The highest BCUT2D eigenvalue weighted by Gasteiger charge is 2.32. The highest BCUT2D eigenvalue weighted by Crippen LogP contribution is 2.27. The lowest BCUT2D eigenvalue weighted by atomic mass is 9.95. The van der Waals surface area contributed by atoms with Gasteiger partial charge < -0.3 is 5.32 Å². The van der Waals surface area contributed by atoms with Crippen LogP contribution in [0.2, 0.25) is 0 Å². The summed E-state index contributed by atoms with van der Waals surface area (Å²) < 4.78 is 50.3. The summed E-state index contributed by atoms with van der Waals surface area (Å²) in [5.74, 6) is -1.11. The Hall–Kier alpha value is -2.44. The van der Waals surface area contributed by atoms with Crippen molar-refractivity contribution in [2.45, 2.75) is 32.0 Å². The molecule has 7 heteroatoms. The number of hydrogen-bond donors (Lipinski definition) is 1. The van der Waals surface area contributed by atoms with Crippen molar-refractivity contribution < 1.29 is 22.4 Å². The number of benzene rings is 1. The van der Waals surface area contributed by atoms with Gasteiger partial charge in [0.05, 0.1) is 5.92 Å². The van der Waals surface area contributed by atoms with Crippen LogP contribution in [0.25, 0.3) is 0 Å². The smallest absolute Gasteiger partial charge is 0.351 e. The first-order valence-corrected chi connectivity index (χ1v) is 7.36. The molecule has 128 valence electrons. The van der Waals surface area contributed by atoms with E-state index >= 15 is 0 Å². The average Bonchev–Trinajstić information content (AvgIpc) is 2.55. The van der Waals surface area contributed by atoms with Gasteiger partial charge in [0.25, 0.3) is 0 Å². The van der Waals surface area contributed by atoms with Crippen LogP contribution in [0.5, 0.6) is 0 Å². The molecule has 1 unspecified atom stereocenters. The minimum absolute atomic E-state index is 0.0711. The zero-order valence-corrected chi connectivity index (χ0v) is 12.9. The Morgan fingerprint density at radius 2 is 1.83 bits per heavy atom. The molecule has 0 saturated heterocycles. The van der Waals surface area contributed by atoms with Crippen molar-refractivity contribution >= 4 is 5.91 Å². The summed E-state index contributed by atoms with van der Waals surface area (Å²) in [6.45, 7) is 1.90. The van der Waals surface area contributed by atoms with Gasteiger partial charge in [-0.3, -0.25) is 9.78 Å². The lowest BCUT2D eigenvalue weighted by Crippen LogP contribution is -2.28. The minimum atomic E-state index is -4.49. The quantitative estimate of drug-likeness (QED) is 0.835. The van der Waals surface area contributed by atoms with Gasteiger partial charge in [-0.2, -0.15) is 13.2 Å². The van der Waals surface area contributed by atoms with Crippen LogP contribution in [0.4, 0.5) is 17.6 Å². The number of carbonyl (C=O) groups excluding carboxylic acids is 1. The Balaban J connectivity index is 1.99. The molecule has 0 aliphatic rings. The fourth-order valence-corrected chi connectivity index (χ4v) is 2.28. The second kappa shape index (κ2) is 7.42. The SMILES string of the molecule is CCC(C(=O)NCc1ccc(C(F)(F)F)nc1)c1ccc(F)cc1. The van der Waals surface area contributed by atoms with Crippen molar-refractivity contribution in [2.75, 3.05) is 0 Å². The number of nitrogens with zero attached hydrogens (tertiary/aromatic N) is 1. The topological polar surface area (TPSA) is 42.0 Å². The molecule has 0 radical (unpaired) electrons. The van der Waals surface area contributed by atoms with Gasteiger partial charge in [-0.25, -0.2) is 4.39 Å². The average molecular weight is 340 g/mol. The van der Waals surface area contributed by atoms with Gasteiger partial charge in [-0.15, -0.1) is 0 Å². The largest absolute Gasteiger partial charge is 0.433 e. The van der Waals surface area contributed by atoms with Crippen LogP contribution in [-0.4, -0.2) is 10.9 Å². The van der Waals surface area contributed by atoms with Crippen molar-refractivity contribution in [3.63, 3.8) is 0 Å². The van der Waals surface area contributed by atoms with E-state index in [0.29, 0.717) is 17.5 Å². The second-order valence-corrected chi connectivity index (χ2v) is 5.28. The first-order valence-electron chi connectivity index (χ1n) is 7.36. The van der Waals surface area contributed by atoms with Crippen LogP contribution in [0, 0.1) is 5.82 Å². The Morgan fingerprint density at radius 3 is 2.33 bits per heavy atom. The second-order valence-electron chi connectivity index (χ2n) is 5.28. The Labute approximate surface area is 136 Å². The number of hydrogen-bond acceptors (Lipinski definition) is 2. The summed E-state index contributed by atoms with van der Waals surface area (Å²) in [5.41, 5.74) is 0.169. The molecule has 0 fully saturated rings. The summed E-state index contributed by atoms with van der Waals surface area (Å²) in [7, 11) is 0. The van der Waals surface area contributed by atoms with Gasteiger partial charge in [0.15, 0.2) is 0 Å². The van der Waals surface area contributed by atoms with E-state index in [2.05, 4.69) is 10.3 Å². The molecule has 0 aliphatic heterocycles. The summed E-state index contributed by atoms with van der Waals surface area (Å²) in [5, 5.41) is 2.67. The summed E-state index contributed by atoms with van der Waals surface area (Å²) >= 11 is 0. The maximum absolute atomic E-state index is 13.0. The lowest BCUT2D eigenvalue weighted by molar-refractivity contribution is -0.141. The van der Waals surface area contributed by atoms with Crippen molar-refractivity contribution in [2.24, 2.45) is 0 Å². The Kier molecular flexibility index (Phi) is 5.54. The maximum Gasteiger partial charge on any atom is 0.433 e. The Bertz CT molecular complexity index is 681. The fourth-order valence-electron chi connectivity index (χ4n) is 2.28. The third-order valence-electron chi connectivity index (χ3n) is 3.58. The predicted molar refractivity (Wildman–Crippen MR) is 80.5 cm³/mol. The number of nitrogens with one attached hydrogen (secondary N) is 1. The monoisotopic (exact) mass is 340 g/mol. The summed E-state index contributed by atoms with van der Waals surface area (Å²) in [4.78, 5) is 15.6. The molecule has 3 nitrogen and oxygen atoms in total. The summed E-state index contributed by atoms with van der Waals surface area (Å²) in [6.07, 6.45) is -2.89. The van der Waals surface area contributed by atoms with Crippen molar-refractivity contribution in [1.82, 2.24) is 10.3 Å². The fraction of sp³-hybridized carbons (Fsp3) is 0.294. The number of halogens is 4. The molecule has 1 atom stereocenters. The van der Waals surface area contributed by atoms with Gasteiger partial charge >= 0.3 is 6.18 Å². The third kappa shape index (κ3) is 4.53. The number of rotatable bonds is 5. The highest BCUT2D eigenvalue weighted by atomic mass is 19.4. The van der Waals surface area contributed by atoms with Gasteiger partial charge in [-0.05, 0) is 35.7 Å². The van der Waals surface area contributed by atoms with Gasteiger partial charge in [0.1, 0.15) is 11.5 Å². The van der Waals surface area contributed by atoms with E-state index in [1.165, 1.54) is 18.2 Å². The number of alkyl halides is 3. The van der Waals surface area contributed by atoms with Gasteiger partial charge in [-0.1, -0.05) is 25.1 Å². The molecule has 1 heterocycles. The highest BCUT2D eigenvalue weighted by molar-refractivity contribution is 5.83. The Morgan fingerprint density at radius 1 is 1.17 bits per heavy atom. The number of pyridine rings is 1. The lowest BCUT2D eigenvalue weighted by Gasteiger charge is -2.15. The molecular formula is C17H16F4N2O. The van der Waals surface area contributed by atoms with Gasteiger partial charge in [0.2, 0.25) is 5.91 Å². The molecule has 24 heavy (non-hydrogen) atoms. The molecule has 2 aromatic rings. The van der Waals surface area contributed by atoms with Crippen LogP contribution >= 0.6 is 0 Å². The molecule has 1 N–H and O–H groups in total. The standard InChI is InChI=1S/C17H16F4N2O/c1-2-14(12-4-6-13(18)7-5-12)16(24)23-10-11-3-8-15(22-9-11)17(19,20)21/h3-9,14H,2,10H2,1H3,(H,23,24). The zero-order valence-electron chi connectivity index (χ0n) is 12.9. The minimum Gasteiger partial charge on any atom is -0.351 e. The van der Waals surface area contributed by atoms with Crippen LogP contribution in [0.15, 0.2) is 42.6 Å². The first-order chi connectivity index (χ1) is 11.3. The van der Waals surface area contributed by atoms with Crippen LogP contribution in [0.3, 0.4) is 0 Å². The first kappa shape index (κ1) is 17.9. The molecular weight excluding hydrogens is 324 g/mol. The number of carbonyl (C=O) groups is 1. The molecule has 0 bridgehead atoms. The third-order valence-corrected chi connectivity index (χ3v) is 3.58. The van der Waals surface area contributed by atoms with E-state index in [4.69, 9.17) is 0 Å². The van der Waals surface area contributed by atoms with Crippen LogP contribution in [0.1, 0.15) is 36.1 Å². The van der Waals surface area contributed by atoms with E-state index < -0.39 is 17.8 Å². The summed E-state index contributed by atoms with van der Waals surface area (Å²) in [6, 6.07) is 7.80. The van der Waals surface area contributed by atoms with E-state index in [9.17, 15) is 22.4 Å².